The van der Waals surface area contributed by atoms with Gasteiger partial charge >= 0.3 is 0 Å². The van der Waals surface area contributed by atoms with E-state index in [0.717, 1.165) is 76.5 Å². The Balaban J connectivity index is 1.33. The quantitative estimate of drug-likeness (QED) is 0.817. The molecule has 0 bridgehead atoms. The van der Waals surface area contributed by atoms with Gasteiger partial charge in [0, 0.05) is 50.0 Å². The molecule has 4 rings (SSSR count). The summed E-state index contributed by atoms with van der Waals surface area (Å²) in [7, 11) is 0. The van der Waals surface area contributed by atoms with Crippen LogP contribution in [0.5, 0.6) is 0 Å². The van der Waals surface area contributed by atoms with E-state index in [2.05, 4.69) is 38.5 Å². The van der Waals surface area contributed by atoms with Crippen molar-refractivity contribution in [1.82, 2.24) is 19.8 Å². The van der Waals surface area contributed by atoms with Crippen LogP contribution in [0.3, 0.4) is 0 Å². The van der Waals surface area contributed by atoms with Crippen LogP contribution in [0.15, 0.2) is 6.33 Å². The Bertz CT molecular complexity index is 665. The van der Waals surface area contributed by atoms with Crippen molar-refractivity contribution in [3.8, 4) is 0 Å². The second kappa shape index (κ2) is 8.13. The predicted octanol–water partition coefficient (Wildman–Crippen LogP) is 2.40. The summed E-state index contributed by atoms with van der Waals surface area (Å²) in [6, 6.07) is 0.610. The van der Waals surface area contributed by atoms with Crippen LogP contribution in [-0.2, 0) is 4.79 Å². The summed E-state index contributed by atoms with van der Waals surface area (Å²) < 4.78 is 0. The lowest BCUT2D eigenvalue weighted by atomic mass is 9.93. The molecular weight excluding hydrogens is 338 g/mol. The molecule has 148 valence electrons. The zero-order chi connectivity index (χ0) is 18.8. The maximum atomic E-state index is 12.8. The van der Waals surface area contributed by atoms with Gasteiger partial charge in [-0.15, -0.1) is 0 Å². The molecule has 27 heavy (non-hydrogen) atoms. The van der Waals surface area contributed by atoms with Crippen molar-refractivity contribution in [2.75, 3.05) is 44.2 Å². The first kappa shape index (κ1) is 18.7. The first-order chi connectivity index (χ1) is 13.1. The molecule has 3 saturated heterocycles. The molecule has 6 nitrogen and oxygen atoms in total. The summed E-state index contributed by atoms with van der Waals surface area (Å²) >= 11 is 0. The third-order valence-electron chi connectivity index (χ3n) is 6.81. The Labute approximate surface area is 162 Å². The molecule has 0 N–H and O–H groups in total. The summed E-state index contributed by atoms with van der Waals surface area (Å²) in [6.07, 6.45) is 8.60. The van der Waals surface area contributed by atoms with Crippen LogP contribution in [0, 0.1) is 19.8 Å². The number of nitrogens with zero attached hydrogens (tertiary/aromatic N) is 5. The number of carbonyl (C=O) groups is 1. The van der Waals surface area contributed by atoms with Gasteiger partial charge in [0.15, 0.2) is 0 Å². The highest BCUT2D eigenvalue weighted by atomic mass is 16.2. The summed E-state index contributed by atoms with van der Waals surface area (Å²) in [5, 5.41) is 0. The number of aromatic nitrogens is 2. The fourth-order valence-corrected chi connectivity index (χ4v) is 5.02. The van der Waals surface area contributed by atoms with Crippen molar-refractivity contribution >= 4 is 11.7 Å². The number of rotatable bonds is 3. The van der Waals surface area contributed by atoms with E-state index < -0.39 is 0 Å². The average Bonchev–Trinajstić information content (AvgIpc) is 3.25. The molecule has 0 saturated carbocycles. The SMILES string of the molecule is Cc1ncnc(N2CCC(N3CCC[C@@H](C(=O)N4CCCC4)C3)CC2)c1C. The lowest BCUT2D eigenvalue weighted by Crippen LogP contribution is -2.51. The number of hydrogen-bond acceptors (Lipinski definition) is 5. The molecule has 3 aliphatic heterocycles. The van der Waals surface area contributed by atoms with E-state index in [1.54, 1.807) is 6.33 Å². The fraction of sp³-hybridized carbons (Fsp3) is 0.762. The number of carbonyl (C=O) groups excluding carboxylic acids is 1. The van der Waals surface area contributed by atoms with Gasteiger partial charge in [0.25, 0.3) is 0 Å². The van der Waals surface area contributed by atoms with Gasteiger partial charge < -0.3 is 9.80 Å². The predicted molar refractivity (Wildman–Crippen MR) is 107 cm³/mol. The minimum atomic E-state index is 0.224. The molecule has 0 spiro atoms. The van der Waals surface area contributed by atoms with Gasteiger partial charge in [0.1, 0.15) is 12.1 Å². The van der Waals surface area contributed by atoms with E-state index in [1.165, 1.54) is 18.4 Å². The molecular formula is C21H33N5O. The number of amides is 1. The molecule has 6 heteroatoms. The first-order valence-corrected chi connectivity index (χ1v) is 10.7. The lowest BCUT2D eigenvalue weighted by Gasteiger charge is -2.43. The molecule has 0 aromatic carbocycles. The highest BCUT2D eigenvalue weighted by Crippen LogP contribution is 2.28. The van der Waals surface area contributed by atoms with E-state index in [4.69, 9.17) is 0 Å². The first-order valence-electron chi connectivity index (χ1n) is 10.7. The smallest absolute Gasteiger partial charge is 0.226 e. The average molecular weight is 372 g/mol. The van der Waals surface area contributed by atoms with Gasteiger partial charge in [-0.1, -0.05) is 0 Å². The topological polar surface area (TPSA) is 52.6 Å². The van der Waals surface area contributed by atoms with E-state index in [9.17, 15) is 4.79 Å². The Morgan fingerprint density at radius 3 is 2.44 bits per heavy atom. The van der Waals surface area contributed by atoms with Crippen molar-refractivity contribution in [3.63, 3.8) is 0 Å². The monoisotopic (exact) mass is 371 g/mol. The number of anilines is 1. The Hall–Kier alpha value is -1.69. The molecule has 1 atom stereocenters. The molecule has 4 heterocycles. The standard InChI is InChI=1S/C21H33N5O/c1-16-17(2)22-15-23-20(16)24-12-7-19(8-13-24)26-11-5-6-18(14-26)21(27)25-9-3-4-10-25/h15,18-19H,3-14H2,1-2H3/t18-/m1/s1. The van der Waals surface area contributed by atoms with Gasteiger partial charge in [-0.2, -0.15) is 0 Å². The van der Waals surface area contributed by atoms with Crippen LogP contribution < -0.4 is 4.90 Å². The molecule has 1 amide bonds. The van der Waals surface area contributed by atoms with Gasteiger partial charge in [-0.25, -0.2) is 9.97 Å². The van der Waals surface area contributed by atoms with Crippen molar-refractivity contribution in [2.45, 2.75) is 58.4 Å². The van der Waals surface area contributed by atoms with Gasteiger partial charge in [-0.3, -0.25) is 9.69 Å². The maximum absolute atomic E-state index is 12.8. The highest BCUT2D eigenvalue weighted by Gasteiger charge is 2.34. The summed E-state index contributed by atoms with van der Waals surface area (Å²) in [5.41, 5.74) is 2.27. The van der Waals surface area contributed by atoms with Crippen LogP contribution in [-0.4, -0.2) is 71.0 Å². The van der Waals surface area contributed by atoms with Crippen LogP contribution in [0.25, 0.3) is 0 Å². The van der Waals surface area contributed by atoms with Gasteiger partial charge in [-0.05, 0) is 58.9 Å². The third kappa shape index (κ3) is 3.96. The normalized spacial score (nSPS) is 25.2. The van der Waals surface area contributed by atoms with E-state index in [1.807, 2.05) is 0 Å². The van der Waals surface area contributed by atoms with Crippen LogP contribution in [0.4, 0.5) is 5.82 Å². The molecule has 0 radical (unpaired) electrons. The maximum Gasteiger partial charge on any atom is 0.226 e. The second-order valence-electron chi connectivity index (χ2n) is 8.49. The van der Waals surface area contributed by atoms with Crippen LogP contribution in [0.2, 0.25) is 0 Å². The van der Waals surface area contributed by atoms with E-state index in [0.29, 0.717) is 11.9 Å². The zero-order valence-electron chi connectivity index (χ0n) is 16.9. The molecule has 0 aliphatic carbocycles. The second-order valence-corrected chi connectivity index (χ2v) is 8.49. The number of likely N-dealkylation sites (tertiary alicyclic amines) is 2. The molecule has 0 unspecified atom stereocenters. The largest absolute Gasteiger partial charge is 0.356 e. The van der Waals surface area contributed by atoms with Crippen molar-refractivity contribution in [3.05, 3.63) is 17.6 Å². The lowest BCUT2D eigenvalue weighted by molar-refractivity contribution is -0.136. The molecule has 3 fully saturated rings. The minimum absolute atomic E-state index is 0.224. The van der Waals surface area contributed by atoms with Crippen LogP contribution in [0.1, 0.15) is 49.8 Å². The number of hydrogen-bond donors (Lipinski definition) is 0. The van der Waals surface area contributed by atoms with E-state index >= 15 is 0 Å². The zero-order valence-corrected chi connectivity index (χ0v) is 16.9. The Kier molecular flexibility index (Phi) is 5.62. The molecule has 1 aromatic heterocycles. The Morgan fingerprint density at radius 1 is 0.963 bits per heavy atom. The number of aryl methyl sites for hydroxylation is 1. The summed E-state index contributed by atoms with van der Waals surface area (Å²) in [6.45, 7) is 10.3. The van der Waals surface area contributed by atoms with Crippen molar-refractivity contribution in [1.29, 1.82) is 0 Å². The van der Waals surface area contributed by atoms with Crippen molar-refractivity contribution in [2.24, 2.45) is 5.92 Å². The Morgan fingerprint density at radius 2 is 1.70 bits per heavy atom. The molecule has 1 aromatic rings. The van der Waals surface area contributed by atoms with Crippen molar-refractivity contribution < 1.29 is 4.79 Å². The number of piperidine rings is 2. The van der Waals surface area contributed by atoms with E-state index in [-0.39, 0.29) is 5.92 Å². The minimum Gasteiger partial charge on any atom is -0.356 e. The highest BCUT2D eigenvalue weighted by molar-refractivity contribution is 5.79. The summed E-state index contributed by atoms with van der Waals surface area (Å²) in [4.78, 5) is 28.8. The van der Waals surface area contributed by atoms with Gasteiger partial charge in [0.2, 0.25) is 5.91 Å². The summed E-state index contributed by atoms with van der Waals surface area (Å²) in [5.74, 6) is 1.74. The van der Waals surface area contributed by atoms with Crippen LogP contribution >= 0.6 is 0 Å². The molecule has 3 aliphatic rings. The fourth-order valence-electron chi connectivity index (χ4n) is 5.02. The third-order valence-corrected chi connectivity index (χ3v) is 6.81. The van der Waals surface area contributed by atoms with Gasteiger partial charge in [0.05, 0.1) is 5.92 Å².